The van der Waals surface area contributed by atoms with E-state index in [4.69, 9.17) is 5.11 Å². The van der Waals surface area contributed by atoms with Crippen LogP contribution in [0.15, 0.2) is 0 Å². The summed E-state index contributed by atoms with van der Waals surface area (Å²) in [5.41, 5.74) is 0. The van der Waals surface area contributed by atoms with E-state index in [1.807, 2.05) is 13.2 Å². The Kier molecular flexibility index (Phi) is 8.12. The van der Waals surface area contributed by atoms with Gasteiger partial charge in [0.2, 0.25) is 5.91 Å². The number of carbonyl (C=O) groups is 2. The van der Waals surface area contributed by atoms with E-state index in [0.717, 1.165) is 5.75 Å². The highest BCUT2D eigenvalue weighted by atomic mass is 32.2. The molecule has 0 heterocycles. The summed E-state index contributed by atoms with van der Waals surface area (Å²) in [6.07, 6.45) is 2.01. The number of thioether (sulfide) groups is 1. The summed E-state index contributed by atoms with van der Waals surface area (Å²) < 4.78 is 4.63. The van der Waals surface area contributed by atoms with Crippen LogP contribution in [-0.4, -0.2) is 48.8 Å². The van der Waals surface area contributed by atoms with Crippen LogP contribution in [0.25, 0.3) is 0 Å². The molecule has 0 aromatic heterocycles. The van der Waals surface area contributed by atoms with Crippen molar-refractivity contribution in [3.8, 4) is 0 Å². The van der Waals surface area contributed by atoms with Gasteiger partial charge in [0, 0.05) is 6.54 Å². The average Bonchev–Trinajstić information content (AvgIpc) is 2.14. The Morgan fingerprint density at radius 1 is 1.47 bits per heavy atom. The lowest BCUT2D eigenvalue weighted by Crippen LogP contribution is -2.32. The van der Waals surface area contributed by atoms with Crippen molar-refractivity contribution in [2.75, 3.05) is 31.8 Å². The molecule has 0 fully saturated rings. The van der Waals surface area contributed by atoms with E-state index in [1.54, 1.807) is 11.8 Å². The summed E-state index contributed by atoms with van der Waals surface area (Å²) in [5, 5.41) is 10.9. The molecule has 15 heavy (non-hydrogen) atoms. The quantitative estimate of drug-likeness (QED) is 0.628. The van der Waals surface area contributed by atoms with Crippen LogP contribution in [0.2, 0.25) is 0 Å². The number of carboxylic acid groups (broad SMARTS) is 1. The normalized spacial score (nSPS) is 12.1. The molecular formula is C9H17NO4S. The van der Waals surface area contributed by atoms with Gasteiger partial charge in [-0.15, -0.1) is 0 Å². The molecule has 6 heteroatoms. The average molecular weight is 235 g/mol. The molecule has 0 aliphatic carbocycles. The fraction of sp³-hybridized carbons (Fsp3) is 0.778. The molecule has 0 rings (SSSR count). The van der Waals surface area contributed by atoms with Gasteiger partial charge in [0.05, 0.1) is 0 Å². The molecular weight excluding hydrogens is 218 g/mol. The Morgan fingerprint density at radius 2 is 2.13 bits per heavy atom. The second-order valence-corrected chi connectivity index (χ2v) is 4.16. The number of amides is 1. The minimum atomic E-state index is -1.07. The largest absolute Gasteiger partial charge is 0.480 e. The minimum absolute atomic E-state index is 0.196. The molecule has 5 nitrogen and oxygen atoms in total. The van der Waals surface area contributed by atoms with Crippen LogP contribution in [0.1, 0.15) is 6.92 Å². The third-order valence-corrected chi connectivity index (χ3v) is 2.46. The second-order valence-electron chi connectivity index (χ2n) is 3.25. The predicted molar refractivity (Wildman–Crippen MR) is 59.0 cm³/mol. The highest BCUT2D eigenvalue weighted by Gasteiger charge is 2.06. The monoisotopic (exact) mass is 235 g/mol. The summed E-state index contributed by atoms with van der Waals surface area (Å²) in [4.78, 5) is 21.2. The zero-order chi connectivity index (χ0) is 11.7. The van der Waals surface area contributed by atoms with Gasteiger partial charge >= 0.3 is 5.97 Å². The first kappa shape index (κ1) is 14.2. The van der Waals surface area contributed by atoms with Gasteiger partial charge in [-0.2, -0.15) is 11.8 Å². The SMILES string of the molecule is CSCC(C)CNC(=O)COCC(=O)O. The fourth-order valence-corrected chi connectivity index (χ4v) is 1.60. The molecule has 0 aromatic rings. The van der Waals surface area contributed by atoms with Crippen molar-refractivity contribution < 1.29 is 19.4 Å². The van der Waals surface area contributed by atoms with E-state index in [-0.39, 0.29) is 12.5 Å². The standard InChI is InChI=1S/C9H17NO4S/c1-7(6-15-2)3-10-8(11)4-14-5-9(12)13/h7H,3-6H2,1-2H3,(H,10,11)(H,12,13). The predicted octanol–water partition coefficient (Wildman–Crippen LogP) is 0.203. The van der Waals surface area contributed by atoms with E-state index in [1.165, 1.54) is 0 Å². The number of rotatable bonds is 8. The first-order valence-electron chi connectivity index (χ1n) is 4.61. The Hall–Kier alpha value is -0.750. The number of hydrogen-bond acceptors (Lipinski definition) is 4. The molecule has 0 saturated heterocycles. The van der Waals surface area contributed by atoms with Crippen LogP contribution in [0.3, 0.4) is 0 Å². The van der Waals surface area contributed by atoms with Crippen molar-refractivity contribution >= 4 is 23.6 Å². The van der Waals surface area contributed by atoms with E-state index in [9.17, 15) is 9.59 Å². The topological polar surface area (TPSA) is 75.6 Å². The summed E-state index contributed by atoms with van der Waals surface area (Å²) in [7, 11) is 0. The third kappa shape index (κ3) is 9.55. The Balaban J connectivity index is 3.44. The van der Waals surface area contributed by atoms with Crippen molar-refractivity contribution in [3.63, 3.8) is 0 Å². The van der Waals surface area contributed by atoms with Crippen molar-refractivity contribution in [3.05, 3.63) is 0 Å². The van der Waals surface area contributed by atoms with E-state index < -0.39 is 12.6 Å². The van der Waals surface area contributed by atoms with Gasteiger partial charge in [-0.05, 0) is 17.9 Å². The Bertz CT molecular complexity index is 210. The van der Waals surface area contributed by atoms with Crippen molar-refractivity contribution in [1.29, 1.82) is 0 Å². The van der Waals surface area contributed by atoms with Crippen molar-refractivity contribution in [2.24, 2.45) is 5.92 Å². The Labute approximate surface area is 93.6 Å². The maximum atomic E-state index is 11.1. The lowest BCUT2D eigenvalue weighted by Gasteiger charge is -2.10. The summed E-state index contributed by atoms with van der Waals surface area (Å²) in [6, 6.07) is 0. The van der Waals surface area contributed by atoms with Crippen LogP contribution in [-0.2, 0) is 14.3 Å². The molecule has 0 aromatic carbocycles. The van der Waals surface area contributed by atoms with Crippen molar-refractivity contribution in [1.82, 2.24) is 5.32 Å². The third-order valence-electron chi connectivity index (χ3n) is 1.56. The van der Waals surface area contributed by atoms with E-state index in [2.05, 4.69) is 10.1 Å². The molecule has 0 radical (unpaired) electrons. The molecule has 1 unspecified atom stereocenters. The molecule has 0 bridgehead atoms. The highest BCUT2D eigenvalue weighted by molar-refractivity contribution is 7.98. The molecule has 2 N–H and O–H groups in total. The molecule has 0 spiro atoms. The van der Waals surface area contributed by atoms with Crippen LogP contribution < -0.4 is 5.32 Å². The van der Waals surface area contributed by atoms with Crippen LogP contribution in [0.4, 0.5) is 0 Å². The summed E-state index contributed by atoms with van der Waals surface area (Å²) >= 11 is 1.72. The number of carbonyl (C=O) groups excluding carboxylic acids is 1. The molecule has 0 aliphatic heterocycles. The highest BCUT2D eigenvalue weighted by Crippen LogP contribution is 2.02. The van der Waals surface area contributed by atoms with Gasteiger partial charge in [-0.3, -0.25) is 4.79 Å². The summed E-state index contributed by atoms with van der Waals surface area (Å²) in [5.74, 6) is 0.0437. The second kappa shape index (κ2) is 8.55. The summed E-state index contributed by atoms with van der Waals surface area (Å²) in [6.45, 7) is 2.00. The van der Waals surface area contributed by atoms with Gasteiger partial charge < -0.3 is 15.2 Å². The number of ether oxygens (including phenoxy) is 1. The van der Waals surface area contributed by atoms with Crippen LogP contribution >= 0.6 is 11.8 Å². The molecule has 88 valence electrons. The van der Waals surface area contributed by atoms with E-state index in [0.29, 0.717) is 12.5 Å². The number of nitrogens with one attached hydrogen (secondary N) is 1. The lowest BCUT2D eigenvalue weighted by atomic mass is 10.2. The first-order chi connectivity index (χ1) is 7.06. The van der Waals surface area contributed by atoms with Gasteiger partial charge in [0.15, 0.2) is 0 Å². The first-order valence-corrected chi connectivity index (χ1v) is 6.00. The van der Waals surface area contributed by atoms with Gasteiger partial charge in [0.25, 0.3) is 0 Å². The Morgan fingerprint density at radius 3 is 2.67 bits per heavy atom. The van der Waals surface area contributed by atoms with E-state index >= 15 is 0 Å². The molecule has 0 saturated carbocycles. The smallest absolute Gasteiger partial charge is 0.329 e. The minimum Gasteiger partial charge on any atom is -0.480 e. The lowest BCUT2D eigenvalue weighted by molar-refractivity contribution is -0.143. The number of hydrogen-bond donors (Lipinski definition) is 2. The van der Waals surface area contributed by atoms with Crippen LogP contribution in [0.5, 0.6) is 0 Å². The number of aliphatic carboxylic acids is 1. The van der Waals surface area contributed by atoms with Gasteiger partial charge in [-0.1, -0.05) is 6.92 Å². The van der Waals surface area contributed by atoms with Crippen LogP contribution in [0, 0.1) is 5.92 Å². The van der Waals surface area contributed by atoms with Crippen molar-refractivity contribution in [2.45, 2.75) is 6.92 Å². The van der Waals surface area contributed by atoms with Gasteiger partial charge in [0.1, 0.15) is 13.2 Å². The zero-order valence-corrected chi connectivity index (χ0v) is 9.80. The number of carboxylic acids is 1. The van der Waals surface area contributed by atoms with Gasteiger partial charge in [-0.25, -0.2) is 4.79 Å². The molecule has 1 amide bonds. The maximum Gasteiger partial charge on any atom is 0.329 e. The molecule has 0 aliphatic rings. The maximum absolute atomic E-state index is 11.1. The fourth-order valence-electron chi connectivity index (χ4n) is 0.914. The molecule has 1 atom stereocenters. The zero-order valence-electron chi connectivity index (χ0n) is 8.99.